The van der Waals surface area contributed by atoms with Crippen LogP contribution in [0, 0.1) is 5.92 Å². The lowest BCUT2D eigenvalue weighted by Gasteiger charge is -2.08. The van der Waals surface area contributed by atoms with Gasteiger partial charge in [-0.05, 0) is 12.3 Å². The number of alkyl halides is 4. The Balaban J connectivity index is 2.37. The molecular formula is C8H10F4O. The molecule has 1 fully saturated rings. The van der Waals surface area contributed by atoms with E-state index in [0.29, 0.717) is 0 Å². The van der Waals surface area contributed by atoms with Gasteiger partial charge < -0.3 is 0 Å². The number of halogens is 4. The van der Waals surface area contributed by atoms with Gasteiger partial charge in [-0.1, -0.05) is 0 Å². The van der Waals surface area contributed by atoms with E-state index in [1.807, 2.05) is 0 Å². The van der Waals surface area contributed by atoms with E-state index < -0.39 is 36.9 Å². The second-order valence-electron chi connectivity index (χ2n) is 3.44. The van der Waals surface area contributed by atoms with E-state index in [0.717, 1.165) is 0 Å². The van der Waals surface area contributed by atoms with Crippen molar-refractivity contribution >= 4 is 5.78 Å². The first kappa shape index (κ1) is 10.5. The number of hydrogen-bond acceptors (Lipinski definition) is 1. The topological polar surface area (TPSA) is 17.1 Å². The lowest BCUT2D eigenvalue weighted by atomic mass is 10.0. The van der Waals surface area contributed by atoms with Crippen LogP contribution in [0.15, 0.2) is 0 Å². The van der Waals surface area contributed by atoms with E-state index in [-0.39, 0.29) is 12.8 Å². The van der Waals surface area contributed by atoms with Gasteiger partial charge in [-0.3, -0.25) is 4.79 Å². The van der Waals surface area contributed by atoms with E-state index in [4.69, 9.17) is 0 Å². The van der Waals surface area contributed by atoms with Crippen LogP contribution < -0.4 is 0 Å². The molecule has 1 rings (SSSR count). The molecule has 0 aliphatic heterocycles. The zero-order chi connectivity index (χ0) is 10.1. The molecule has 0 bridgehead atoms. The summed E-state index contributed by atoms with van der Waals surface area (Å²) in [4.78, 5) is 10.5. The first-order valence-corrected chi connectivity index (χ1v) is 4.09. The van der Waals surface area contributed by atoms with Gasteiger partial charge in [0.25, 0.3) is 6.43 Å². The summed E-state index contributed by atoms with van der Waals surface area (Å²) in [6.45, 7) is 0. The SMILES string of the molecule is O=C(CC1CCC(F)(F)C1)C(F)F. The second-order valence-corrected chi connectivity index (χ2v) is 3.44. The van der Waals surface area contributed by atoms with Crippen molar-refractivity contribution in [2.75, 3.05) is 0 Å². The molecular weight excluding hydrogens is 188 g/mol. The molecule has 1 aliphatic carbocycles. The lowest BCUT2D eigenvalue weighted by Crippen LogP contribution is -2.16. The van der Waals surface area contributed by atoms with Crippen molar-refractivity contribution in [2.45, 2.75) is 38.0 Å². The van der Waals surface area contributed by atoms with Gasteiger partial charge in [-0.25, -0.2) is 17.6 Å². The molecule has 0 radical (unpaired) electrons. The summed E-state index contributed by atoms with van der Waals surface area (Å²) in [7, 11) is 0. The molecule has 0 aromatic rings. The fraction of sp³-hybridized carbons (Fsp3) is 0.875. The largest absolute Gasteiger partial charge is 0.295 e. The lowest BCUT2D eigenvalue weighted by molar-refractivity contribution is -0.130. The Bertz CT molecular complexity index is 202. The van der Waals surface area contributed by atoms with Gasteiger partial charge in [0.15, 0.2) is 5.78 Å². The van der Waals surface area contributed by atoms with Crippen molar-refractivity contribution in [3.8, 4) is 0 Å². The highest BCUT2D eigenvalue weighted by Gasteiger charge is 2.40. The van der Waals surface area contributed by atoms with Crippen LogP contribution in [-0.2, 0) is 4.79 Å². The summed E-state index contributed by atoms with van der Waals surface area (Å²) in [5.41, 5.74) is 0. The Labute approximate surface area is 73.1 Å². The molecule has 1 aliphatic rings. The minimum absolute atomic E-state index is 0.172. The minimum atomic E-state index is -3.02. The van der Waals surface area contributed by atoms with Crippen LogP contribution in [0.4, 0.5) is 17.6 Å². The Morgan fingerprint density at radius 3 is 2.46 bits per heavy atom. The Morgan fingerprint density at radius 2 is 2.08 bits per heavy atom. The molecule has 0 spiro atoms. The van der Waals surface area contributed by atoms with Crippen molar-refractivity contribution in [3.63, 3.8) is 0 Å². The maximum Gasteiger partial charge on any atom is 0.295 e. The van der Waals surface area contributed by atoms with Crippen molar-refractivity contribution in [2.24, 2.45) is 5.92 Å². The van der Waals surface area contributed by atoms with E-state index in [1.165, 1.54) is 0 Å². The average Bonchev–Trinajstić information content (AvgIpc) is 2.30. The van der Waals surface area contributed by atoms with Crippen LogP contribution in [0.25, 0.3) is 0 Å². The average molecular weight is 198 g/mol. The van der Waals surface area contributed by atoms with Crippen molar-refractivity contribution in [1.29, 1.82) is 0 Å². The molecule has 1 unspecified atom stereocenters. The highest BCUT2D eigenvalue weighted by molar-refractivity contribution is 5.81. The molecule has 1 nitrogen and oxygen atoms in total. The molecule has 0 aromatic carbocycles. The Kier molecular flexibility index (Phi) is 2.93. The fourth-order valence-corrected chi connectivity index (χ4v) is 1.59. The number of carbonyl (C=O) groups excluding carboxylic acids is 1. The minimum Gasteiger partial charge on any atom is -0.293 e. The number of ketones is 1. The van der Waals surface area contributed by atoms with E-state index in [1.54, 1.807) is 0 Å². The van der Waals surface area contributed by atoms with Gasteiger partial charge in [0, 0.05) is 19.3 Å². The third-order valence-electron chi connectivity index (χ3n) is 2.24. The monoisotopic (exact) mass is 198 g/mol. The van der Waals surface area contributed by atoms with Gasteiger partial charge in [-0.2, -0.15) is 0 Å². The molecule has 5 heteroatoms. The van der Waals surface area contributed by atoms with Gasteiger partial charge in [-0.15, -0.1) is 0 Å². The Hall–Kier alpha value is -0.610. The van der Waals surface area contributed by atoms with Crippen LogP contribution in [0.5, 0.6) is 0 Å². The summed E-state index contributed by atoms with van der Waals surface area (Å²) in [6.07, 6.45) is -3.97. The quantitative estimate of drug-likeness (QED) is 0.637. The van der Waals surface area contributed by atoms with Gasteiger partial charge in [0.1, 0.15) is 0 Å². The van der Waals surface area contributed by atoms with E-state index >= 15 is 0 Å². The Morgan fingerprint density at radius 1 is 1.46 bits per heavy atom. The zero-order valence-corrected chi connectivity index (χ0v) is 6.90. The van der Waals surface area contributed by atoms with Crippen LogP contribution in [-0.4, -0.2) is 18.1 Å². The maximum atomic E-state index is 12.5. The first-order valence-electron chi connectivity index (χ1n) is 4.09. The van der Waals surface area contributed by atoms with Gasteiger partial charge >= 0.3 is 0 Å². The molecule has 0 heterocycles. The summed E-state index contributed by atoms with van der Waals surface area (Å²) in [5, 5.41) is 0. The predicted octanol–water partition coefficient (Wildman–Crippen LogP) is 2.65. The summed E-state index contributed by atoms with van der Waals surface area (Å²) in [5.74, 6) is -4.54. The van der Waals surface area contributed by atoms with Crippen LogP contribution in [0.2, 0.25) is 0 Å². The number of Topliss-reactive ketones (excluding diaryl/α,β-unsaturated/α-hetero) is 1. The molecule has 0 saturated heterocycles. The standard InChI is InChI=1S/C8H10F4O/c9-7(10)6(13)3-5-1-2-8(11,12)4-5/h5,7H,1-4H2. The van der Waals surface area contributed by atoms with Gasteiger partial charge in [0.05, 0.1) is 0 Å². The van der Waals surface area contributed by atoms with Crippen molar-refractivity contribution in [3.05, 3.63) is 0 Å². The van der Waals surface area contributed by atoms with Gasteiger partial charge in [0.2, 0.25) is 5.92 Å². The first-order chi connectivity index (χ1) is 5.91. The normalized spacial score (nSPS) is 26.7. The predicted molar refractivity (Wildman–Crippen MR) is 37.9 cm³/mol. The third-order valence-corrected chi connectivity index (χ3v) is 2.24. The zero-order valence-electron chi connectivity index (χ0n) is 6.90. The third kappa shape index (κ3) is 2.97. The molecule has 0 amide bonds. The van der Waals surface area contributed by atoms with Crippen molar-refractivity contribution in [1.82, 2.24) is 0 Å². The smallest absolute Gasteiger partial charge is 0.293 e. The summed E-state index contributed by atoms with van der Waals surface area (Å²) < 4.78 is 48.6. The van der Waals surface area contributed by atoms with Crippen LogP contribution >= 0.6 is 0 Å². The molecule has 1 saturated carbocycles. The molecule has 0 N–H and O–H groups in total. The van der Waals surface area contributed by atoms with E-state index in [2.05, 4.69) is 0 Å². The molecule has 0 aromatic heterocycles. The summed E-state index contributed by atoms with van der Waals surface area (Å²) in [6, 6.07) is 0. The van der Waals surface area contributed by atoms with E-state index in [9.17, 15) is 22.4 Å². The molecule has 76 valence electrons. The number of hydrogen-bond donors (Lipinski definition) is 0. The maximum absolute atomic E-state index is 12.5. The second kappa shape index (κ2) is 3.64. The molecule has 13 heavy (non-hydrogen) atoms. The highest BCUT2D eigenvalue weighted by atomic mass is 19.3. The number of carbonyl (C=O) groups is 1. The van der Waals surface area contributed by atoms with Crippen LogP contribution in [0.1, 0.15) is 25.7 Å². The number of rotatable bonds is 3. The fourth-order valence-electron chi connectivity index (χ4n) is 1.59. The highest BCUT2D eigenvalue weighted by Crippen LogP contribution is 2.40. The molecule has 1 atom stereocenters. The van der Waals surface area contributed by atoms with Crippen molar-refractivity contribution < 1.29 is 22.4 Å². The summed E-state index contributed by atoms with van der Waals surface area (Å²) >= 11 is 0. The van der Waals surface area contributed by atoms with Crippen LogP contribution in [0.3, 0.4) is 0 Å².